The van der Waals surface area contributed by atoms with Crippen molar-refractivity contribution in [1.82, 2.24) is 4.90 Å². The molecule has 3 atom stereocenters. The van der Waals surface area contributed by atoms with Crippen molar-refractivity contribution in [2.75, 3.05) is 14.2 Å². The summed E-state index contributed by atoms with van der Waals surface area (Å²) < 4.78 is 27.8. The molecule has 1 heterocycles. The summed E-state index contributed by atoms with van der Waals surface area (Å²) in [6.07, 6.45) is 4.22. The predicted molar refractivity (Wildman–Crippen MR) is 62.5 cm³/mol. The maximum absolute atomic E-state index is 11.3. The Morgan fingerprint density at radius 1 is 1.56 bits per heavy atom. The van der Waals surface area contributed by atoms with Gasteiger partial charge in [0.05, 0.1) is 0 Å². The normalized spacial score (nSPS) is 24.5. The first-order valence-corrected chi connectivity index (χ1v) is 6.45. The molecule has 6 nitrogen and oxygen atoms in total. The summed E-state index contributed by atoms with van der Waals surface area (Å²) >= 11 is 0. The summed E-state index contributed by atoms with van der Waals surface area (Å²) in [5.74, 6) is 0. The second kappa shape index (κ2) is 4.94. The van der Waals surface area contributed by atoms with Gasteiger partial charge in [0.2, 0.25) is 10.0 Å². The molecule has 0 saturated heterocycles. The Balaban J connectivity index is 2.90. The molecule has 1 unspecified atom stereocenters. The summed E-state index contributed by atoms with van der Waals surface area (Å²) in [7, 11) is -0.379. The van der Waals surface area contributed by atoms with Crippen LogP contribution in [0.25, 0.3) is 0 Å². The third kappa shape index (κ3) is 2.81. The van der Waals surface area contributed by atoms with Gasteiger partial charge < -0.3 is 9.64 Å². The Hall–Kier alpha value is -0.920. The van der Waals surface area contributed by atoms with Crippen molar-refractivity contribution in [3.63, 3.8) is 0 Å². The van der Waals surface area contributed by atoms with Crippen molar-refractivity contribution in [2.45, 2.75) is 24.4 Å². The lowest BCUT2D eigenvalue weighted by molar-refractivity contribution is 0.0413. The van der Waals surface area contributed by atoms with E-state index >= 15 is 0 Å². The zero-order valence-corrected chi connectivity index (χ0v) is 10.4. The van der Waals surface area contributed by atoms with Gasteiger partial charge >= 0.3 is 0 Å². The van der Waals surface area contributed by atoms with Crippen LogP contribution in [0.15, 0.2) is 17.3 Å². The highest BCUT2D eigenvalue weighted by atomic mass is 32.2. The first-order chi connectivity index (χ1) is 7.38. The number of nitrogens with two attached hydrogens (primary N) is 1. The van der Waals surface area contributed by atoms with Gasteiger partial charge in [0.15, 0.2) is 0 Å². The number of rotatable bonds is 4. The Morgan fingerprint density at radius 2 is 2.19 bits per heavy atom. The van der Waals surface area contributed by atoms with Gasteiger partial charge in [0.25, 0.3) is 0 Å². The number of aliphatic imine (C=N–C) groups is 1. The first kappa shape index (κ1) is 13.1. The highest BCUT2D eigenvalue weighted by Crippen LogP contribution is 2.17. The van der Waals surface area contributed by atoms with Crippen LogP contribution in [0.3, 0.4) is 0 Å². The fourth-order valence-corrected chi connectivity index (χ4v) is 2.19. The number of methoxy groups -OCH3 is 1. The molecule has 0 aromatic heterocycles. The highest BCUT2D eigenvalue weighted by Gasteiger charge is 2.35. The van der Waals surface area contributed by atoms with E-state index in [0.29, 0.717) is 0 Å². The Labute approximate surface area is 95.8 Å². The topological polar surface area (TPSA) is 85.0 Å². The zero-order chi connectivity index (χ0) is 12.3. The van der Waals surface area contributed by atoms with Crippen LogP contribution < -0.4 is 5.14 Å². The first-order valence-electron chi connectivity index (χ1n) is 4.84. The van der Waals surface area contributed by atoms with Gasteiger partial charge in [-0.05, 0) is 13.0 Å². The van der Waals surface area contributed by atoms with Crippen LogP contribution in [0.4, 0.5) is 0 Å². The molecule has 0 aliphatic carbocycles. The fourth-order valence-electron chi connectivity index (χ4n) is 1.56. The van der Waals surface area contributed by atoms with E-state index in [2.05, 4.69) is 4.99 Å². The molecule has 1 aliphatic rings. The third-order valence-electron chi connectivity index (χ3n) is 2.61. The standard InChI is InChI=1S/C9H17N3O3S/c1-7(16(10,13)14)8(15-3)9-11-5-4-6-12(9)2/h4-9H,1-3H3,(H2,10,13,14)/t7-,8-,9?/m0/s1. The summed E-state index contributed by atoms with van der Waals surface area (Å²) in [4.78, 5) is 5.97. The molecule has 0 aromatic carbocycles. The molecule has 0 aromatic rings. The monoisotopic (exact) mass is 247 g/mol. The molecular formula is C9H17N3O3S. The molecule has 7 heteroatoms. The van der Waals surface area contributed by atoms with Crippen LogP contribution in [-0.2, 0) is 14.8 Å². The SMILES string of the molecule is CO[C@H](C1N=CC=CN1C)[C@H](C)S(N)(=O)=O. The Bertz CT molecular complexity index is 391. The zero-order valence-electron chi connectivity index (χ0n) is 9.57. The third-order valence-corrected chi connectivity index (χ3v) is 3.91. The number of likely N-dealkylation sites (N-methyl/N-ethyl adjacent to an activating group) is 1. The van der Waals surface area contributed by atoms with E-state index in [4.69, 9.17) is 9.88 Å². The second-order valence-electron chi connectivity index (χ2n) is 3.71. The van der Waals surface area contributed by atoms with E-state index in [1.807, 2.05) is 0 Å². The summed E-state index contributed by atoms with van der Waals surface area (Å²) in [6.45, 7) is 1.52. The lowest BCUT2D eigenvalue weighted by atomic mass is 10.2. The molecule has 1 aliphatic heterocycles. The van der Waals surface area contributed by atoms with E-state index in [1.54, 1.807) is 30.4 Å². The van der Waals surface area contributed by atoms with Crippen molar-refractivity contribution < 1.29 is 13.2 Å². The van der Waals surface area contributed by atoms with Gasteiger partial charge in [-0.15, -0.1) is 0 Å². The molecule has 0 spiro atoms. The van der Waals surface area contributed by atoms with Crippen molar-refractivity contribution in [1.29, 1.82) is 0 Å². The molecule has 0 fully saturated rings. The fraction of sp³-hybridized carbons (Fsp3) is 0.667. The van der Waals surface area contributed by atoms with E-state index in [1.165, 1.54) is 14.0 Å². The number of allylic oxidation sites excluding steroid dienone is 1. The molecule has 2 N–H and O–H groups in total. The smallest absolute Gasteiger partial charge is 0.214 e. The van der Waals surface area contributed by atoms with E-state index in [9.17, 15) is 8.42 Å². The second-order valence-corrected chi connectivity index (χ2v) is 5.63. The number of nitrogens with zero attached hydrogens (tertiary/aromatic N) is 2. The van der Waals surface area contributed by atoms with Crippen molar-refractivity contribution >= 4 is 16.2 Å². The number of hydrogen-bond acceptors (Lipinski definition) is 5. The molecule has 1 rings (SSSR count). The minimum Gasteiger partial charge on any atom is -0.376 e. The lowest BCUT2D eigenvalue weighted by Gasteiger charge is -2.33. The van der Waals surface area contributed by atoms with Crippen LogP contribution in [0.2, 0.25) is 0 Å². The quantitative estimate of drug-likeness (QED) is 0.728. The van der Waals surface area contributed by atoms with Crippen LogP contribution in [0, 0.1) is 0 Å². The van der Waals surface area contributed by atoms with E-state index in [0.717, 1.165) is 0 Å². The molecule has 0 radical (unpaired) electrons. The van der Waals surface area contributed by atoms with Gasteiger partial charge in [-0.2, -0.15) is 0 Å². The van der Waals surface area contributed by atoms with Gasteiger partial charge in [0, 0.05) is 26.6 Å². The van der Waals surface area contributed by atoms with Crippen LogP contribution in [0.5, 0.6) is 0 Å². The molecule has 0 amide bonds. The van der Waals surface area contributed by atoms with Gasteiger partial charge in [-0.25, -0.2) is 13.6 Å². The average molecular weight is 247 g/mol. The number of ether oxygens (including phenoxy) is 1. The molecule has 0 saturated carbocycles. The molecule has 92 valence electrons. The molecular weight excluding hydrogens is 230 g/mol. The number of hydrogen-bond donors (Lipinski definition) is 1. The van der Waals surface area contributed by atoms with Crippen LogP contribution in [0.1, 0.15) is 6.92 Å². The van der Waals surface area contributed by atoms with Crippen LogP contribution in [-0.4, -0.2) is 51.2 Å². The van der Waals surface area contributed by atoms with Gasteiger partial charge in [0.1, 0.15) is 17.5 Å². The van der Waals surface area contributed by atoms with E-state index in [-0.39, 0.29) is 6.17 Å². The minimum absolute atomic E-state index is 0.372. The van der Waals surface area contributed by atoms with Crippen molar-refractivity contribution in [3.05, 3.63) is 12.3 Å². The van der Waals surface area contributed by atoms with Crippen LogP contribution >= 0.6 is 0 Å². The highest BCUT2D eigenvalue weighted by molar-refractivity contribution is 7.89. The lowest BCUT2D eigenvalue weighted by Crippen LogP contribution is -2.49. The molecule has 16 heavy (non-hydrogen) atoms. The van der Waals surface area contributed by atoms with Crippen molar-refractivity contribution in [3.8, 4) is 0 Å². The van der Waals surface area contributed by atoms with Gasteiger partial charge in [-0.3, -0.25) is 4.99 Å². The summed E-state index contributed by atoms with van der Waals surface area (Å²) in [6, 6.07) is 0. The van der Waals surface area contributed by atoms with Crippen molar-refractivity contribution in [2.24, 2.45) is 10.1 Å². The molecule has 0 bridgehead atoms. The van der Waals surface area contributed by atoms with E-state index < -0.39 is 21.4 Å². The Morgan fingerprint density at radius 3 is 2.62 bits per heavy atom. The maximum Gasteiger partial charge on any atom is 0.214 e. The predicted octanol–water partition coefficient (Wildman–Crippen LogP) is -0.466. The van der Waals surface area contributed by atoms with Gasteiger partial charge in [-0.1, -0.05) is 0 Å². The summed E-state index contributed by atoms with van der Waals surface area (Å²) in [5.41, 5.74) is 0. The number of sulfonamides is 1. The average Bonchev–Trinajstić information content (AvgIpc) is 2.20. The maximum atomic E-state index is 11.3. The largest absolute Gasteiger partial charge is 0.376 e. The minimum atomic E-state index is -3.64. The Kier molecular flexibility index (Phi) is 4.06. The number of primary sulfonamides is 1. The summed E-state index contributed by atoms with van der Waals surface area (Å²) in [5, 5.41) is 4.30.